The van der Waals surface area contributed by atoms with Gasteiger partial charge in [0.25, 0.3) is 0 Å². The summed E-state index contributed by atoms with van der Waals surface area (Å²) in [5, 5.41) is 0. The molecule has 10 heteroatoms. The Kier molecular flexibility index (Phi) is 5.87. The van der Waals surface area contributed by atoms with Crippen molar-refractivity contribution in [3.8, 4) is 0 Å². The molecule has 0 spiro atoms. The lowest BCUT2D eigenvalue weighted by Crippen LogP contribution is -2.15. The number of rotatable bonds is 7. The first-order chi connectivity index (χ1) is 6.62. The Hall–Kier alpha value is -0.0400. The highest BCUT2D eigenvalue weighted by molar-refractivity contribution is 7.60. The van der Waals surface area contributed by atoms with Gasteiger partial charge in [-0.15, -0.1) is 6.58 Å². The minimum absolute atomic E-state index is 0.171. The molecule has 0 fully saturated rings. The highest BCUT2D eigenvalue weighted by atomic mass is 31.3. The molecule has 0 saturated heterocycles. The minimum Gasteiger partial charge on any atom is -0.302 e. The molecule has 0 aromatic rings. The van der Waals surface area contributed by atoms with Crippen molar-refractivity contribution < 1.29 is 32.7 Å². The van der Waals surface area contributed by atoms with Gasteiger partial charge in [0.05, 0.1) is 0 Å². The van der Waals surface area contributed by atoms with Crippen molar-refractivity contribution in [1.29, 1.82) is 0 Å². The van der Waals surface area contributed by atoms with Crippen molar-refractivity contribution in [2.24, 2.45) is 0 Å². The lowest BCUT2D eigenvalue weighted by molar-refractivity contribution is 0.120. The predicted molar refractivity (Wildman–Crippen MR) is 51.5 cm³/mol. The van der Waals surface area contributed by atoms with Crippen LogP contribution in [0.2, 0.25) is 0 Å². The maximum absolute atomic E-state index is 10.8. The van der Waals surface area contributed by atoms with E-state index < -0.39 is 15.6 Å². The fourth-order valence-corrected chi connectivity index (χ4v) is 2.01. The predicted octanol–water partition coefficient (Wildman–Crippen LogP) is 0.683. The molecule has 1 unspecified atom stereocenters. The van der Waals surface area contributed by atoms with Crippen molar-refractivity contribution in [3.05, 3.63) is 12.2 Å². The summed E-state index contributed by atoms with van der Waals surface area (Å²) in [7, 11) is -9.83. The normalized spacial score (nSPS) is 16.0. The van der Waals surface area contributed by atoms with Crippen LogP contribution in [-0.4, -0.2) is 21.2 Å². The van der Waals surface area contributed by atoms with Crippen LogP contribution >= 0.6 is 15.6 Å². The highest BCUT2D eigenvalue weighted by Gasteiger charge is 2.32. The van der Waals surface area contributed by atoms with Crippen LogP contribution in [-0.2, 0) is 18.1 Å². The molecule has 0 amide bonds. The van der Waals surface area contributed by atoms with E-state index in [-0.39, 0.29) is 6.54 Å². The molecule has 0 aliphatic heterocycles. The molecule has 0 aliphatic carbocycles. The van der Waals surface area contributed by atoms with Crippen LogP contribution < -0.4 is 5.48 Å². The number of hydroxylamine groups is 1. The highest BCUT2D eigenvalue weighted by Crippen LogP contribution is 2.56. The number of phosphoric acid groups is 2. The van der Waals surface area contributed by atoms with Gasteiger partial charge < -0.3 is 14.7 Å². The van der Waals surface area contributed by atoms with Gasteiger partial charge >= 0.3 is 15.6 Å². The fourth-order valence-electron chi connectivity index (χ4n) is 0.543. The summed E-state index contributed by atoms with van der Waals surface area (Å²) >= 11 is 0. The molecule has 0 heterocycles. The maximum atomic E-state index is 10.8. The molecule has 0 radical (unpaired) electrons. The van der Waals surface area contributed by atoms with E-state index in [4.69, 9.17) is 14.7 Å². The van der Waals surface area contributed by atoms with Gasteiger partial charge in [-0.3, -0.25) is 0 Å². The number of nitrogens with one attached hydrogen (secondary N) is 1. The first-order valence-electron chi connectivity index (χ1n) is 3.78. The van der Waals surface area contributed by atoms with Gasteiger partial charge in [0.1, 0.15) is 0 Å². The monoisotopic (exact) mass is 261 g/mol. The quantitative estimate of drug-likeness (QED) is 0.228. The summed E-state index contributed by atoms with van der Waals surface area (Å²) in [6.45, 7) is 5.48. The number of hydrogen-bond acceptors (Lipinski definition) is 5. The van der Waals surface area contributed by atoms with E-state index in [1.54, 1.807) is 6.92 Å². The molecule has 15 heavy (non-hydrogen) atoms. The Balaban J connectivity index is 3.90. The third-order valence-electron chi connectivity index (χ3n) is 1.04. The molecule has 0 aliphatic rings. The van der Waals surface area contributed by atoms with Gasteiger partial charge in [-0.2, -0.15) is 14.4 Å². The van der Waals surface area contributed by atoms with Crippen LogP contribution in [0.5, 0.6) is 0 Å². The van der Waals surface area contributed by atoms with Crippen LogP contribution in [0.4, 0.5) is 0 Å². The maximum Gasteiger partial charge on any atom is 0.497 e. The molecule has 0 saturated carbocycles. The Labute approximate surface area is 86.7 Å². The van der Waals surface area contributed by atoms with Crippen LogP contribution in [0.3, 0.4) is 0 Å². The molecule has 0 rings (SSSR count). The third-order valence-corrected chi connectivity index (χ3v) is 3.08. The molecule has 0 aromatic heterocycles. The van der Waals surface area contributed by atoms with E-state index in [1.807, 2.05) is 5.48 Å². The summed E-state index contributed by atoms with van der Waals surface area (Å²) < 4.78 is 28.6. The van der Waals surface area contributed by atoms with E-state index in [0.717, 1.165) is 5.57 Å². The molecular formula is C5H13NO7P2. The molecule has 1 atom stereocenters. The summed E-state index contributed by atoms with van der Waals surface area (Å²) in [6, 6.07) is 0. The van der Waals surface area contributed by atoms with Gasteiger partial charge in [-0.1, -0.05) is 5.57 Å². The molecule has 0 bridgehead atoms. The van der Waals surface area contributed by atoms with E-state index in [9.17, 15) is 9.13 Å². The van der Waals surface area contributed by atoms with Crippen molar-refractivity contribution >= 4 is 15.6 Å². The second-order valence-electron chi connectivity index (χ2n) is 2.73. The Morgan fingerprint density at radius 3 is 2.33 bits per heavy atom. The Bertz CT molecular complexity index is 311. The van der Waals surface area contributed by atoms with Crippen molar-refractivity contribution in [2.75, 3.05) is 6.54 Å². The number of hydrogen-bond donors (Lipinski definition) is 4. The summed E-state index contributed by atoms with van der Waals surface area (Å²) in [5.41, 5.74) is 2.85. The van der Waals surface area contributed by atoms with Crippen LogP contribution in [0.1, 0.15) is 13.3 Å². The average molecular weight is 261 g/mol. The fraction of sp³-hybridized carbons (Fsp3) is 0.600. The van der Waals surface area contributed by atoms with Gasteiger partial charge in [0, 0.05) is 6.54 Å². The zero-order chi connectivity index (χ0) is 12.1. The summed E-state index contributed by atoms with van der Waals surface area (Å²) in [4.78, 5) is 25.2. The van der Waals surface area contributed by atoms with Gasteiger partial charge in [0.15, 0.2) is 0 Å². The molecule has 8 nitrogen and oxygen atoms in total. The Morgan fingerprint density at radius 2 is 1.93 bits per heavy atom. The first-order valence-corrected chi connectivity index (χ1v) is 6.80. The second-order valence-corrected chi connectivity index (χ2v) is 5.49. The second kappa shape index (κ2) is 5.89. The van der Waals surface area contributed by atoms with Crippen LogP contribution in [0.15, 0.2) is 12.2 Å². The van der Waals surface area contributed by atoms with Gasteiger partial charge in [-0.05, 0) is 13.3 Å². The van der Waals surface area contributed by atoms with E-state index in [2.05, 4.69) is 15.5 Å². The van der Waals surface area contributed by atoms with Crippen molar-refractivity contribution in [1.82, 2.24) is 5.48 Å². The van der Waals surface area contributed by atoms with E-state index >= 15 is 0 Å². The van der Waals surface area contributed by atoms with Gasteiger partial charge in [0.2, 0.25) is 0 Å². The SMILES string of the molecule is C=C(C)CCNOP(=O)(O)OP(=O)(O)O. The molecule has 4 N–H and O–H groups in total. The largest absolute Gasteiger partial charge is 0.497 e. The first kappa shape index (κ1) is 15.0. The van der Waals surface area contributed by atoms with E-state index in [1.165, 1.54) is 0 Å². The smallest absolute Gasteiger partial charge is 0.302 e. The standard InChI is InChI=1S/C5H13NO7P2/c1-5(2)3-4-6-12-15(10,11)13-14(7,8)9/h6H,1,3-4H2,2H3,(H,10,11)(H2,7,8,9). The third kappa shape index (κ3) is 10.2. The average Bonchev–Trinajstić information content (AvgIpc) is 1.93. The van der Waals surface area contributed by atoms with E-state index in [0.29, 0.717) is 6.42 Å². The zero-order valence-corrected chi connectivity index (χ0v) is 9.78. The van der Waals surface area contributed by atoms with Crippen LogP contribution in [0, 0.1) is 0 Å². The lowest BCUT2D eigenvalue weighted by Gasteiger charge is -2.12. The molecular weight excluding hydrogens is 248 g/mol. The minimum atomic E-state index is -5.05. The molecule has 0 aromatic carbocycles. The molecule has 90 valence electrons. The topological polar surface area (TPSA) is 125 Å². The summed E-state index contributed by atoms with van der Waals surface area (Å²) in [6.07, 6.45) is 0.482. The lowest BCUT2D eigenvalue weighted by atomic mass is 10.2. The zero-order valence-electron chi connectivity index (χ0n) is 7.99. The summed E-state index contributed by atoms with van der Waals surface area (Å²) in [5.74, 6) is 0. The van der Waals surface area contributed by atoms with Crippen LogP contribution in [0.25, 0.3) is 0 Å². The van der Waals surface area contributed by atoms with Crippen molar-refractivity contribution in [3.63, 3.8) is 0 Å². The Morgan fingerprint density at radius 1 is 1.40 bits per heavy atom. The van der Waals surface area contributed by atoms with Crippen molar-refractivity contribution in [2.45, 2.75) is 13.3 Å². The van der Waals surface area contributed by atoms with Gasteiger partial charge in [-0.25, -0.2) is 9.13 Å².